The van der Waals surface area contributed by atoms with E-state index >= 15 is 0 Å². The summed E-state index contributed by atoms with van der Waals surface area (Å²) in [6.07, 6.45) is 2.73. The zero-order valence-corrected chi connectivity index (χ0v) is 15.5. The topological polar surface area (TPSA) is 65.6 Å². The number of esters is 1. The van der Waals surface area contributed by atoms with E-state index in [0.29, 0.717) is 6.42 Å². The molecule has 2 aliphatic rings. The molecular weight excluding hydrogens is 328 g/mol. The minimum atomic E-state index is -0.617. The molecule has 0 saturated carbocycles. The Bertz CT molecular complexity index is 869. The number of nitrogens with zero attached hydrogens (tertiary/aromatic N) is 1. The van der Waals surface area contributed by atoms with Crippen LogP contribution < -0.4 is 0 Å². The Balaban J connectivity index is 1.89. The molecule has 1 aliphatic carbocycles. The van der Waals surface area contributed by atoms with Crippen LogP contribution in [0.1, 0.15) is 30.7 Å². The second kappa shape index (κ2) is 6.56. The molecule has 2 N–H and O–H groups in total. The van der Waals surface area contributed by atoms with Crippen LogP contribution >= 0.6 is 0 Å². The molecule has 5 nitrogen and oxygen atoms in total. The van der Waals surface area contributed by atoms with Gasteiger partial charge in [-0.3, -0.25) is 9.69 Å². The number of hydrogen-bond acceptors (Lipinski definition) is 4. The number of nitrogens with one attached hydrogen (secondary N) is 1. The number of fused-ring (bicyclic) bond motifs is 5. The van der Waals surface area contributed by atoms with Crippen molar-refractivity contribution in [3.63, 3.8) is 0 Å². The Labute approximate surface area is 153 Å². The number of hydrogen-bond donors (Lipinski definition) is 2. The van der Waals surface area contributed by atoms with E-state index in [4.69, 9.17) is 4.74 Å². The second-order valence-corrected chi connectivity index (χ2v) is 7.52. The van der Waals surface area contributed by atoms with Crippen LogP contribution in [0.15, 0.2) is 35.9 Å². The summed E-state index contributed by atoms with van der Waals surface area (Å²) >= 11 is 0. The fraction of sp³-hybridized carbons (Fsp3) is 0.476. The van der Waals surface area contributed by atoms with Crippen molar-refractivity contribution >= 4 is 16.9 Å². The Hall–Kier alpha value is -2.11. The number of likely N-dealkylation sites (tertiary alicyclic amines) is 1. The molecule has 0 radical (unpaired) electrons. The van der Waals surface area contributed by atoms with Crippen molar-refractivity contribution < 1.29 is 14.6 Å². The lowest BCUT2D eigenvalue weighted by atomic mass is 9.70. The normalized spacial score (nSPS) is 30.7. The number of carbonyl (C=O) groups excluding carboxylic acids is 1. The third-order valence-electron chi connectivity index (χ3n) is 6.24. The zero-order valence-electron chi connectivity index (χ0n) is 15.5. The van der Waals surface area contributed by atoms with Crippen molar-refractivity contribution in [2.24, 2.45) is 11.8 Å². The molecule has 4 atom stereocenters. The van der Waals surface area contributed by atoms with Crippen LogP contribution in [-0.2, 0) is 16.0 Å². The number of aliphatic hydroxyl groups excluding tert-OH is 1. The lowest BCUT2D eigenvalue weighted by molar-refractivity contribution is -0.151. The fourth-order valence-corrected chi connectivity index (χ4v) is 4.93. The summed E-state index contributed by atoms with van der Waals surface area (Å²) in [6.45, 7) is 2.83. The van der Waals surface area contributed by atoms with Gasteiger partial charge in [0.1, 0.15) is 0 Å². The van der Waals surface area contributed by atoms with Crippen LogP contribution in [0.2, 0.25) is 0 Å². The number of H-pyrrole nitrogens is 1. The number of para-hydroxylation sites is 1. The number of aliphatic hydroxyl groups is 1. The standard InChI is InChI=1S/C21H26N2O3/c1-4-12-11-23(2)17-9-15-13-7-5-6-8-16(13)22-20(15)18(24)10-14(12)19(17)21(25)26-3/h4-8,14,17-19,22,24H,9-11H2,1-3H3/b12-4+. The number of methoxy groups -OCH3 is 1. The molecule has 26 heavy (non-hydrogen) atoms. The van der Waals surface area contributed by atoms with Crippen molar-refractivity contribution in [2.75, 3.05) is 20.7 Å². The number of rotatable bonds is 1. The molecule has 138 valence electrons. The van der Waals surface area contributed by atoms with Gasteiger partial charge in [-0.1, -0.05) is 29.8 Å². The highest BCUT2D eigenvalue weighted by molar-refractivity contribution is 5.85. The monoisotopic (exact) mass is 354 g/mol. The summed E-state index contributed by atoms with van der Waals surface area (Å²) in [6, 6.07) is 8.20. The molecule has 1 aromatic heterocycles. The van der Waals surface area contributed by atoms with Gasteiger partial charge in [0.05, 0.1) is 19.1 Å². The van der Waals surface area contributed by atoms with Gasteiger partial charge in [-0.25, -0.2) is 0 Å². The third-order valence-corrected chi connectivity index (χ3v) is 6.24. The summed E-state index contributed by atoms with van der Waals surface area (Å²) in [5.41, 5.74) is 4.27. The van der Waals surface area contributed by atoms with Crippen molar-refractivity contribution in [1.29, 1.82) is 0 Å². The van der Waals surface area contributed by atoms with Gasteiger partial charge in [0.25, 0.3) is 0 Å². The summed E-state index contributed by atoms with van der Waals surface area (Å²) in [7, 11) is 3.53. The maximum atomic E-state index is 12.7. The Morgan fingerprint density at radius 2 is 2.15 bits per heavy atom. The molecule has 0 spiro atoms. The van der Waals surface area contributed by atoms with E-state index in [9.17, 15) is 9.90 Å². The van der Waals surface area contributed by atoms with E-state index in [1.165, 1.54) is 12.7 Å². The Morgan fingerprint density at radius 1 is 1.38 bits per heavy atom. The van der Waals surface area contributed by atoms with Crippen molar-refractivity contribution in [2.45, 2.75) is 31.9 Å². The average Bonchev–Trinajstić information content (AvgIpc) is 3.01. The lowest BCUT2D eigenvalue weighted by Gasteiger charge is -2.46. The van der Waals surface area contributed by atoms with E-state index in [2.05, 4.69) is 29.1 Å². The molecular formula is C21H26N2O3. The first kappa shape index (κ1) is 17.3. The van der Waals surface area contributed by atoms with E-state index in [0.717, 1.165) is 35.1 Å². The van der Waals surface area contributed by atoms with E-state index < -0.39 is 6.10 Å². The highest BCUT2D eigenvalue weighted by Gasteiger charge is 2.46. The Kier molecular flexibility index (Phi) is 4.37. The molecule has 1 fully saturated rings. The van der Waals surface area contributed by atoms with E-state index in [-0.39, 0.29) is 23.8 Å². The lowest BCUT2D eigenvalue weighted by Crippen LogP contribution is -2.53. The molecule has 4 rings (SSSR count). The highest BCUT2D eigenvalue weighted by Crippen LogP contribution is 2.44. The van der Waals surface area contributed by atoms with Crippen LogP contribution in [0.4, 0.5) is 0 Å². The largest absolute Gasteiger partial charge is 0.469 e. The minimum absolute atomic E-state index is 0.00297. The number of aromatic nitrogens is 1. The summed E-state index contributed by atoms with van der Waals surface area (Å²) < 4.78 is 5.17. The summed E-state index contributed by atoms with van der Waals surface area (Å²) in [5, 5.41) is 12.1. The molecule has 4 unspecified atom stereocenters. The van der Waals surface area contributed by atoms with Gasteiger partial charge < -0.3 is 14.8 Å². The van der Waals surface area contributed by atoms with Crippen molar-refractivity contribution in [3.8, 4) is 0 Å². The first-order valence-electron chi connectivity index (χ1n) is 9.25. The quantitative estimate of drug-likeness (QED) is 0.610. The molecule has 2 bridgehead atoms. The number of piperidine rings is 1. The molecule has 1 aliphatic heterocycles. The second-order valence-electron chi connectivity index (χ2n) is 7.52. The van der Waals surface area contributed by atoms with Gasteiger partial charge >= 0.3 is 5.97 Å². The number of ether oxygens (including phenoxy) is 1. The van der Waals surface area contributed by atoms with Gasteiger partial charge in [0, 0.05) is 29.2 Å². The van der Waals surface area contributed by atoms with Gasteiger partial charge in [-0.05, 0) is 44.4 Å². The van der Waals surface area contributed by atoms with E-state index in [1.807, 2.05) is 25.1 Å². The first-order valence-corrected chi connectivity index (χ1v) is 9.25. The van der Waals surface area contributed by atoms with Crippen LogP contribution in [0.25, 0.3) is 10.9 Å². The number of aromatic amines is 1. The number of benzene rings is 1. The molecule has 0 amide bonds. The Morgan fingerprint density at radius 3 is 2.88 bits per heavy atom. The maximum absolute atomic E-state index is 12.7. The predicted octanol–water partition coefficient (Wildman–Crippen LogP) is 2.81. The van der Waals surface area contributed by atoms with Crippen LogP contribution in [0.3, 0.4) is 0 Å². The molecule has 2 heterocycles. The maximum Gasteiger partial charge on any atom is 0.310 e. The average molecular weight is 354 g/mol. The summed E-state index contributed by atoms with van der Waals surface area (Å²) in [5.74, 6) is -0.439. The van der Waals surface area contributed by atoms with Gasteiger partial charge in [0.15, 0.2) is 0 Å². The molecule has 2 aromatic rings. The van der Waals surface area contributed by atoms with E-state index in [1.54, 1.807) is 0 Å². The van der Waals surface area contributed by atoms with Crippen LogP contribution in [-0.4, -0.2) is 47.7 Å². The predicted molar refractivity (Wildman–Crippen MR) is 101 cm³/mol. The number of likely N-dealkylation sites (N-methyl/N-ethyl adjacent to an activating group) is 1. The fourth-order valence-electron chi connectivity index (χ4n) is 4.93. The molecule has 5 heteroatoms. The number of carbonyl (C=O) groups is 1. The molecule has 1 aromatic carbocycles. The highest BCUT2D eigenvalue weighted by atomic mass is 16.5. The SMILES string of the molecule is C/C=C1\CN(C)C2Cc3c([nH]c4ccccc34)C(O)CC1C2C(=O)OC. The van der Waals surface area contributed by atoms with Crippen molar-refractivity contribution in [1.82, 2.24) is 9.88 Å². The number of allylic oxidation sites excluding steroid dienone is 1. The van der Waals surface area contributed by atoms with Gasteiger partial charge in [-0.2, -0.15) is 0 Å². The smallest absolute Gasteiger partial charge is 0.310 e. The third kappa shape index (κ3) is 2.58. The van der Waals surface area contributed by atoms with Gasteiger partial charge in [-0.15, -0.1) is 0 Å². The van der Waals surface area contributed by atoms with Gasteiger partial charge in [0.2, 0.25) is 0 Å². The molecule has 1 saturated heterocycles. The van der Waals surface area contributed by atoms with Crippen molar-refractivity contribution in [3.05, 3.63) is 47.2 Å². The summed E-state index contributed by atoms with van der Waals surface area (Å²) in [4.78, 5) is 18.4. The first-order chi connectivity index (χ1) is 12.5. The zero-order chi connectivity index (χ0) is 18.4. The minimum Gasteiger partial charge on any atom is -0.469 e. The van der Waals surface area contributed by atoms with Crippen LogP contribution in [0, 0.1) is 11.8 Å². The van der Waals surface area contributed by atoms with Crippen LogP contribution in [0.5, 0.6) is 0 Å².